The van der Waals surface area contributed by atoms with Crippen molar-refractivity contribution in [1.82, 2.24) is 10.6 Å². The second-order valence-electron chi connectivity index (χ2n) is 5.64. The molecule has 0 saturated carbocycles. The lowest BCUT2D eigenvalue weighted by atomic mass is 10.0. The average Bonchev–Trinajstić information content (AvgIpc) is 2.30. The summed E-state index contributed by atoms with van der Waals surface area (Å²) in [5.41, 5.74) is 0. The zero-order valence-electron chi connectivity index (χ0n) is 12.7. The Morgan fingerprint density at radius 2 is 1.50 bits per heavy atom. The molecule has 0 aromatic heterocycles. The van der Waals surface area contributed by atoms with Crippen molar-refractivity contribution < 1.29 is 4.79 Å². The lowest BCUT2D eigenvalue weighted by Gasteiger charge is -2.08. The van der Waals surface area contributed by atoms with E-state index in [4.69, 9.17) is 0 Å². The topological polar surface area (TPSA) is 41.1 Å². The molecule has 0 rings (SSSR count). The van der Waals surface area contributed by atoms with Gasteiger partial charge in [-0.25, -0.2) is 0 Å². The zero-order chi connectivity index (χ0) is 13.8. The van der Waals surface area contributed by atoms with E-state index in [1.165, 1.54) is 19.3 Å². The molecule has 18 heavy (non-hydrogen) atoms. The molecule has 3 heteroatoms. The van der Waals surface area contributed by atoms with Crippen LogP contribution < -0.4 is 10.6 Å². The van der Waals surface area contributed by atoms with Crippen molar-refractivity contribution in [2.45, 2.75) is 65.8 Å². The molecule has 3 nitrogen and oxygen atoms in total. The second kappa shape index (κ2) is 11.7. The standard InChI is InChI=1S/C15H32N2O/c1-13(2)15(18)9-8-11-16-10-6-5-7-12-17-14(3)4/h13-14,16-17H,5-12H2,1-4H3. The first kappa shape index (κ1) is 17.6. The molecule has 0 radical (unpaired) electrons. The summed E-state index contributed by atoms with van der Waals surface area (Å²) in [5.74, 6) is 0.579. The van der Waals surface area contributed by atoms with Gasteiger partial charge in [-0.15, -0.1) is 0 Å². The van der Waals surface area contributed by atoms with Crippen LogP contribution in [-0.2, 0) is 4.79 Å². The van der Waals surface area contributed by atoms with E-state index in [9.17, 15) is 4.79 Å². The van der Waals surface area contributed by atoms with Gasteiger partial charge in [-0.3, -0.25) is 4.79 Å². The summed E-state index contributed by atoms with van der Waals surface area (Å²) in [6.07, 6.45) is 5.47. The van der Waals surface area contributed by atoms with Crippen LogP contribution in [0.3, 0.4) is 0 Å². The van der Waals surface area contributed by atoms with Crippen molar-refractivity contribution in [3.8, 4) is 0 Å². The minimum atomic E-state index is 0.193. The van der Waals surface area contributed by atoms with Crippen molar-refractivity contribution in [2.75, 3.05) is 19.6 Å². The molecule has 0 aromatic carbocycles. The van der Waals surface area contributed by atoms with E-state index in [1.807, 2.05) is 13.8 Å². The summed E-state index contributed by atoms with van der Waals surface area (Å²) < 4.78 is 0. The van der Waals surface area contributed by atoms with Crippen LogP contribution in [0.4, 0.5) is 0 Å². The van der Waals surface area contributed by atoms with Gasteiger partial charge >= 0.3 is 0 Å². The third kappa shape index (κ3) is 12.1. The van der Waals surface area contributed by atoms with Crippen molar-refractivity contribution in [3.05, 3.63) is 0 Å². The molecule has 0 amide bonds. The molecule has 0 atom stereocenters. The SMILES string of the molecule is CC(C)NCCCCCNCCCC(=O)C(C)C. The van der Waals surface area contributed by atoms with Gasteiger partial charge in [0, 0.05) is 18.4 Å². The van der Waals surface area contributed by atoms with Gasteiger partial charge in [-0.1, -0.05) is 34.1 Å². The van der Waals surface area contributed by atoms with E-state index in [-0.39, 0.29) is 5.92 Å². The van der Waals surface area contributed by atoms with Crippen molar-refractivity contribution >= 4 is 5.78 Å². The van der Waals surface area contributed by atoms with Crippen molar-refractivity contribution in [1.29, 1.82) is 0 Å². The molecule has 0 spiro atoms. The Kier molecular flexibility index (Phi) is 11.4. The largest absolute Gasteiger partial charge is 0.317 e. The van der Waals surface area contributed by atoms with Gasteiger partial charge in [0.1, 0.15) is 5.78 Å². The molecule has 0 aromatic rings. The Morgan fingerprint density at radius 3 is 2.11 bits per heavy atom. The number of Topliss-reactive ketones (excluding diaryl/α,β-unsaturated/α-hetero) is 1. The number of unbranched alkanes of at least 4 members (excludes halogenated alkanes) is 2. The van der Waals surface area contributed by atoms with Gasteiger partial charge in [0.2, 0.25) is 0 Å². The fourth-order valence-electron chi connectivity index (χ4n) is 1.74. The lowest BCUT2D eigenvalue weighted by Crippen LogP contribution is -2.24. The first-order valence-electron chi connectivity index (χ1n) is 7.51. The summed E-state index contributed by atoms with van der Waals surface area (Å²) in [7, 11) is 0. The molecule has 0 aliphatic heterocycles. The number of hydrogen-bond acceptors (Lipinski definition) is 3. The van der Waals surface area contributed by atoms with Crippen LogP contribution in [0.2, 0.25) is 0 Å². The number of nitrogens with one attached hydrogen (secondary N) is 2. The molecule has 0 unspecified atom stereocenters. The third-order valence-electron chi connectivity index (χ3n) is 3.00. The quantitative estimate of drug-likeness (QED) is 0.528. The Morgan fingerprint density at radius 1 is 0.889 bits per heavy atom. The molecule has 108 valence electrons. The Hall–Kier alpha value is -0.410. The first-order chi connectivity index (χ1) is 8.54. The van der Waals surface area contributed by atoms with Gasteiger partial charge < -0.3 is 10.6 Å². The maximum atomic E-state index is 11.4. The molecule has 0 aliphatic carbocycles. The summed E-state index contributed by atoms with van der Waals surface area (Å²) in [6, 6.07) is 0.599. The molecule has 0 heterocycles. The fourth-order valence-corrected chi connectivity index (χ4v) is 1.74. The van der Waals surface area contributed by atoms with E-state index in [0.717, 1.165) is 32.5 Å². The Bertz CT molecular complexity index is 203. The summed E-state index contributed by atoms with van der Waals surface area (Å²) in [4.78, 5) is 11.4. The molecular formula is C15H32N2O. The van der Waals surface area contributed by atoms with E-state index in [1.54, 1.807) is 0 Å². The first-order valence-corrected chi connectivity index (χ1v) is 7.51. The second-order valence-corrected chi connectivity index (χ2v) is 5.64. The average molecular weight is 256 g/mol. The van der Waals surface area contributed by atoms with Crippen LogP contribution in [0.1, 0.15) is 59.8 Å². The van der Waals surface area contributed by atoms with Gasteiger partial charge in [0.05, 0.1) is 0 Å². The van der Waals surface area contributed by atoms with Crippen LogP contribution in [0.5, 0.6) is 0 Å². The van der Waals surface area contributed by atoms with Crippen LogP contribution in [0.15, 0.2) is 0 Å². The highest BCUT2D eigenvalue weighted by Gasteiger charge is 2.05. The smallest absolute Gasteiger partial charge is 0.135 e. The highest BCUT2D eigenvalue weighted by molar-refractivity contribution is 5.80. The zero-order valence-corrected chi connectivity index (χ0v) is 12.7. The molecular weight excluding hydrogens is 224 g/mol. The Labute approximate surface area is 113 Å². The van der Waals surface area contributed by atoms with E-state index in [2.05, 4.69) is 24.5 Å². The highest BCUT2D eigenvalue weighted by atomic mass is 16.1. The molecule has 2 N–H and O–H groups in total. The van der Waals surface area contributed by atoms with Gasteiger partial charge in [0.25, 0.3) is 0 Å². The van der Waals surface area contributed by atoms with Crippen LogP contribution in [-0.4, -0.2) is 31.5 Å². The summed E-state index contributed by atoms with van der Waals surface area (Å²) >= 11 is 0. The molecule has 0 aliphatic rings. The minimum Gasteiger partial charge on any atom is -0.317 e. The van der Waals surface area contributed by atoms with Crippen LogP contribution in [0.25, 0.3) is 0 Å². The number of rotatable bonds is 12. The van der Waals surface area contributed by atoms with E-state index >= 15 is 0 Å². The fraction of sp³-hybridized carbons (Fsp3) is 0.933. The number of ketones is 1. The third-order valence-corrected chi connectivity index (χ3v) is 3.00. The van der Waals surface area contributed by atoms with Crippen molar-refractivity contribution in [3.63, 3.8) is 0 Å². The molecule has 0 fully saturated rings. The Balaban J connectivity index is 3.10. The maximum Gasteiger partial charge on any atom is 0.135 e. The normalized spacial score (nSPS) is 11.4. The number of hydrogen-bond donors (Lipinski definition) is 2. The van der Waals surface area contributed by atoms with E-state index in [0.29, 0.717) is 11.8 Å². The summed E-state index contributed by atoms with van der Waals surface area (Å²) in [5, 5.41) is 6.83. The van der Waals surface area contributed by atoms with Crippen molar-refractivity contribution in [2.24, 2.45) is 5.92 Å². The maximum absolute atomic E-state index is 11.4. The monoisotopic (exact) mass is 256 g/mol. The predicted octanol–water partition coefficient (Wildman–Crippen LogP) is 2.75. The minimum absolute atomic E-state index is 0.193. The van der Waals surface area contributed by atoms with E-state index < -0.39 is 0 Å². The number of carbonyl (C=O) groups excluding carboxylic acids is 1. The van der Waals surface area contributed by atoms with Gasteiger partial charge in [-0.05, 0) is 38.9 Å². The van der Waals surface area contributed by atoms with Gasteiger partial charge in [-0.2, -0.15) is 0 Å². The number of carbonyl (C=O) groups is 1. The van der Waals surface area contributed by atoms with Crippen LogP contribution >= 0.6 is 0 Å². The highest BCUT2D eigenvalue weighted by Crippen LogP contribution is 2.01. The van der Waals surface area contributed by atoms with Crippen LogP contribution in [0, 0.1) is 5.92 Å². The lowest BCUT2D eigenvalue weighted by molar-refractivity contribution is -0.121. The predicted molar refractivity (Wildman–Crippen MR) is 78.9 cm³/mol. The molecule has 0 bridgehead atoms. The molecule has 0 saturated heterocycles. The van der Waals surface area contributed by atoms with Gasteiger partial charge in [0.15, 0.2) is 0 Å². The summed E-state index contributed by atoms with van der Waals surface area (Å²) in [6.45, 7) is 11.5.